The Morgan fingerprint density at radius 2 is 0.941 bits per heavy atom. The van der Waals surface area contributed by atoms with Crippen molar-refractivity contribution in [2.75, 3.05) is 7.15 Å². The van der Waals surface area contributed by atoms with Crippen LogP contribution in [0.1, 0.15) is 68.2 Å². The summed E-state index contributed by atoms with van der Waals surface area (Å²) in [6.45, 7) is 3.17. The third-order valence-electron chi connectivity index (χ3n) is 10.2. The molecular weight excluding hydrogens is 1180 g/mol. The number of rotatable bonds is 4. The molecule has 10 aromatic rings. The van der Waals surface area contributed by atoms with Gasteiger partial charge in [-0.3, -0.25) is 46.4 Å². The van der Waals surface area contributed by atoms with Gasteiger partial charge in [-0.15, -0.1) is 0 Å². The van der Waals surface area contributed by atoms with Crippen molar-refractivity contribution in [3.63, 3.8) is 0 Å². The summed E-state index contributed by atoms with van der Waals surface area (Å²) in [7, 11) is -1.00. The van der Waals surface area contributed by atoms with Crippen molar-refractivity contribution in [1.82, 2.24) is 38.3 Å². The first-order valence-electron chi connectivity index (χ1n) is 24.0. The van der Waals surface area contributed by atoms with Gasteiger partial charge in [-0.2, -0.15) is 4.98 Å². The van der Waals surface area contributed by atoms with E-state index in [1.165, 1.54) is 70.7 Å². The molecule has 0 spiro atoms. The maximum absolute atomic E-state index is 13.2. The Kier molecular flexibility index (Phi) is 23.2. The molecule has 0 aliphatic rings. The van der Waals surface area contributed by atoms with Gasteiger partial charge in [-0.05, 0) is 140 Å². The number of pyridine rings is 3. The lowest BCUT2D eigenvalue weighted by Crippen LogP contribution is -2.22. The number of aromatic carboxylic acids is 1. The second-order valence-electron chi connectivity index (χ2n) is 16.2. The number of nitrogens with zero attached hydrogens (tertiary/aromatic N) is 9. The van der Waals surface area contributed by atoms with E-state index in [0.717, 1.165) is 16.8 Å². The van der Waals surface area contributed by atoms with Crippen molar-refractivity contribution >= 4 is 79.3 Å². The number of nitrogens with two attached hydrogens (primary N) is 1. The number of halogens is 7. The molecule has 4 N–H and O–H groups in total. The second kappa shape index (κ2) is 31.2. The molecule has 3 aromatic carbocycles. The van der Waals surface area contributed by atoms with Gasteiger partial charge in [0.25, 0.3) is 27.8 Å². The molecule has 0 saturated carbocycles. The normalized spacial score (nSPS) is 10.2. The predicted octanol–water partition coefficient (Wildman–Crippen LogP) is 7.99. The summed E-state index contributed by atoms with van der Waals surface area (Å²) in [5.41, 5.74) is 7.42. The predicted molar refractivity (Wildman–Crippen MR) is 305 cm³/mol. The zero-order valence-electron chi connectivity index (χ0n) is 44.5. The molecule has 0 amide bonds. The summed E-state index contributed by atoms with van der Waals surface area (Å²) in [5, 5.41) is 19.6. The van der Waals surface area contributed by atoms with Crippen LogP contribution in [0.25, 0.3) is 28.4 Å². The lowest BCUT2D eigenvalue weighted by Gasteiger charge is -2.01. The Labute approximate surface area is 492 Å². The van der Waals surface area contributed by atoms with Crippen LogP contribution in [-0.2, 0) is 9.59 Å². The van der Waals surface area contributed by atoms with Crippen LogP contribution in [0.5, 0.6) is 0 Å². The number of amidine groups is 1. The number of carboxylic acids is 1. The van der Waals surface area contributed by atoms with E-state index in [-0.39, 0.29) is 51.5 Å². The molecule has 85 heavy (non-hydrogen) atoms. The van der Waals surface area contributed by atoms with Gasteiger partial charge in [0.15, 0.2) is 5.82 Å². The van der Waals surface area contributed by atoms with Crippen LogP contribution >= 0.6 is 34.8 Å². The standard InChI is InChI=1S/C19H11FN4O2.C17H8ClFN2O2.C17H9FN2O3.C2Cl2O2.C2H6N2O.CH3F/c1-12-22-18(26-23-12)16-11-21-17-10-14(7-8-24(17)19(16)25)6-5-13-3-2-4-15(20)9-13;18-16(22)14-10-20-15-9-12(6-7-21(15)17(14)23)5-4-11-2-1-3-13(19)8-11;18-13-3-1-2-11(8-13)4-5-12-6-7-20-15(9-12)19-10-14(16(20)21)17(22)23;3-1(5)2(4)6;1-2(3)4-5;1-2/h2-4,7-11H,1H3;1-3,6-10H;1-3,6-10H,(H,22,23);;5H,1H3,(H2,3,4);1H3/i;;;;;1D. The number of alkyl halides is 1. The van der Waals surface area contributed by atoms with E-state index in [4.69, 9.17) is 33.5 Å². The van der Waals surface area contributed by atoms with E-state index in [1.54, 1.807) is 85.9 Å². The Balaban J connectivity index is 0.000000212. The first kappa shape index (κ1) is 63.1. The number of hydrogen-bond donors (Lipinski definition) is 3. The third kappa shape index (κ3) is 19.0. The maximum atomic E-state index is 13.2. The molecule has 0 saturated heterocycles. The topological polar surface area (TPSA) is 289 Å². The van der Waals surface area contributed by atoms with Gasteiger partial charge in [0.2, 0.25) is 0 Å². The Hall–Kier alpha value is -11.1. The van der Waals surface area contributed by atoms with Crippen LogP contribution < -0.4 is 22.4 Å². The number of carbonyl (C=O) groups excluding carboxylic acids is 3. The minimum atomic E-state index is -1.33. The smallest absolute Gasteiger partial charge is 0.342 e. The van der Waals surface area contributed by atoms with Crippen molar-refractivity contribution in [2.24, 2.45) is 10.9 Å². The molecule has 10 rings (SSSR count). The van der Waals surface area contributed by atoms with Crippen LogP contribution in [-0.4, -0.2) is 83.3 Å². The van der Waals surface area contributed by atoms with E-state index in [9.17, 15) is 51.1 Å². The summed E-state index contributed by atoms with van der Waals surface area (Å²) in [4.78, 5) is 93.8. The van der Waals surface area contributed by atoms with Gasteiger partial charge >= 0.3 is 16.5 Å². The molecule has 428 valence electrons. The number of benzene rings is 3. The number of hydrogen-bond acceptors (Lipinski definition) is 15. The number of carboxylic acid groups (broad SMARTS) is 1. The van der Waals surface area contributed by atoms with Crippen LogP contribution in [0.2, 0.25) is 0 Å². The second-order valence-corrected chi connectivity index (χ2v) is 17.2. The number of fused-ring (bicyclic) bond motifs is 3. The van der Waals surface area contributed by atoms with Crippen LogP contribution in [0, 0.1) is 59.9 Å². The Morgan fingerprint density at radius 1 is 0.600 bits per heavy atom. The zero-order valence-corrected chi connectivity index (χ0v) is 45.7. The van der Waals surface area contributed by atoms with Gasteiger partial charge in [0.05, 0.1) is 8.52 Å². The number of aromatic nitrogens is 8. The molecule has 0 aliphatic carbocycles. The first-order chi connectivity index (χ1) is 41.0. The molecular formula is C58H37Cl3F4N10O10. The molecule has 0 fully saturated rings. The summed E-state index contributed by atoms with van der Waals surface area (Å²) in [6.07, 6.45) is 8.00. The minimum Gasteiger partial charge on any atom is -0.477 e. The van der Waals surface area contributed by atoms with E-state index in [2.05, 4.69) is 89.0 Å². The molecule has 20 nitrogen and oxygen atoms in total. The summed E-state index contributed by atoms with van der Waals surface area (Å²) >= 11 is 14.3. The molecule has 7 heterocycles. The monoisotopic (exact) mass is 1220 g/mol. The van der Waals surface area contributed by atoms with Crippen molar-refractivity contribution in [1.29, 1.82) is 0 Å². The largest absolute Gasteiger partial charge is 0.477 e. The summed E-state index contributed by atoms with van der Waals surface area (Å²) in [6, 6.07) is 27.5. The highest BCUT2D eigenvalue weighted by molar-refractivity contribution is 6.97. The van der Waals surface area contributed by atoms with Crippen LogP contribution in [0.3, 0.4) is 0 Å². The highest BCUT2D eigenvalue weighted by atomic mass is 35.5. The summed E-state index contributed by atoms with van der Waals surface area (Å²) in [5.74, 6) is 15.5. The quantitative estimate of drug-likeness (QED) is 0.0220. The number of oxime groups is 1. The lowest BCUT2D eigenvalue weighted by molar-refractivity contribution is -0.127. The molecule has 0 aliphatic heterocycles. The fourth-order valence-electron chi connectivity index (χ4n) is 6.42. The van der Waals surface area contributed by atoms with Gasteiger partial charge in [0.1, 0.15) is 56.9 Å². The molecule has 0 unspecified atom stereocenters. The molecule has 0 atom stereocenters. The van der Waals surface area contributed by atoms with Gasteiger partial charge in [-0.1, -0.05) is 64.0 Å². The van der Waals surface area contributed by atoms with E-state index in [1.807, 2.05) is 0 Å². The summed E-state index contributed by atoms with van der Waals surface area (Å²) < 4.78 is 63.6. The highest BCUT2D eigenvalue weighted by Crippen LogP contribution is 2.14. The lowest BCUT2D eigenvalue weighted by atomic mass is 10.2. The average molecular weight is 1220 g/mol. The average Bonchev–Trinajstić information content (AvgIpc) is 1.46. The van der Waals surface area contributed by atoms with Crippen molar-refractivity contribution < 1.29 is 52.9 Å². The van der Waals surface area contributed by atoms with Crippen LogP contribution in [0.15, 0.2) is 170 Å². The molecule has 27 heteroatoms. The van der Waals surface area contributed by atoms with Gasteiger partial charge in [0, 0.05) is 70.6 Å². The zero-order chi connectivity index (χ0) is 63.0. The fraction of sp³-hybridized carbons (Fsp3) is 0.0517. The SMILES string of the molecule is C/C(N)=N\O.Cc1noc(-c2cnc3cc(C#Cc4cccc(F)c4)ccn3c2=O)n1.O=C(Cl)C(=O)Cl.O=C(Cl)c1cnc2cc(C#Cc3cccc(F)c3)ccn2c1=O.O=C(O)c1cnc2cc(C#Cc3cccc(F)c3)ccn2c1=O.[2H]CF. The minimum absolute atomic E-state index is 0.129. The fourth-order valence-corrected chi connectivity index (χ4v) is 6.55. The maximum Gasteiger partial charge on any atom is 0.342 e. The van der Waals surface area contributed by atoms with E-state index < -0.39 is 45.5 Å². The molecule has 7 aromatic heterocycles. The molecule has 0 bridgehead atoms. The van der Waals surface area contributed by atoms with E-state index >= 15 is 0 Å². The molecule has 0 radical (unpaired) electrons. The van der Waals surface area contributed by atoms with Gasteiger partial charge in [-0.25, -0.2) is 32.9 Å². The van der Waals surface area contributed by atoms with Gasteiger partial charge < -0.3 is 20.6 Å². The third-order valence-corrected chi connectivity index (χ3v) is 10.8. The number of carbonyl (C=O) groups is 4. The van der Waals surface area contributed by atoms with E-state index in [0.29, 0.717) is 50.5 Å². The van der Waals surface area contributed by atoms with Crippen molar-refractivity contribution in [2.45, 2.75) is 13.8 Å². The van der Waals surface area contributed by atoms with Crippen LogP contribution in [0.4, 0.5) is 17.6 Å². The number of aryl methyl sites for hydroxylation is 1. The Morgan fingerprint density at radius 3 is 1.26 bits per heavy atom. The Bertz CT molecular complexity index is 4440. The van der Waals surface area contributed by atoms with Crippen molar-refractivity contribution in [3.05, 3.63) is 245 Å². The first-order valence-corrected chi connectivity index (χ1v) is 24.4. The van der Waals surface area contributed by atoms with Crippen molar-refractivity contribution in [3.8, 4) is 47.0 Å². The highest BCUT2D eigenvalue weighted by Gasteiger charge is 2.15.